The van der Waals surface area contributed by atoms with Crippen molar-refractivity contribution >= 4 is 5.91 Å². The van der Waals surface area contributed by atoms with E-state index in [0.29, 0.717) is 30.3 Å². The summed E-state index contributed by atoms with van der Waals surface area (Å²) in [5.74, 6) is 1.36. The first-order valence-electron chi connectivity index (χ1n) is 13.2. The Balaban J connectivity index is 1.49. The third-order valence-corrected chi connectivity index (χ3v) is 7.13. The molecule has 2 aliphatic rings. The minimum Gasteiger partial charge on any atom is -0.493 e. The van der Waals surface area contributed by atoms with E-state index in [1.54, 1.807) is 7.11 Å². The number of hydrogen-bond acceptors (Lipinski definition) is 6. The van der Waals surface area contributed by atoms with Crippen molar-refractivity contribution < 1.29 is 19.0 Å². The van der Waals surface area contributed by atoms with Crippen molar-refractivity contribution in [3.8, 4) is 22.8 Å². The maximum Gasteiger partial charge on any atom is 0.273 e. The molecule has 196 valence electrons. The maximum atomic E-state index is 13.7. The summed E-state index contributed by atoms with van der Waals surface area (Å²) >= 11 is 0. The minimum absolute atomic E-state index is 0.0156. The second-order valence-electron chi connectivity index (χ2n) is 9.69. The molecular formula is C29H36N4O4. The molecule has 37 heavy (non-hydrogen) atoms. The molecule has 3 heterocycles. The lowest BCUT2D eigenvalue weighted by atomic mass is 9.95. The molecule has 1 N–H and O–H groups in total. The summed E-state index contributed by atoms with van der Waals surface area (Å²) < 4.78 is 17.1. The first kappa shape index (κ1) is 25.3. The van der Waals surface area contributed by atoms with Crippen LogP contribution < -0.4 is 9.47 Å². The fraction of sp³-hybridized carbons (Fsp3) is 0.448. The van der Waals surface area contributed by atoms with Crippen LogP contribution in [0.25, 0.3) is 11.3 Å². The molecular weight excluding hydrogens is 468 g/mol. The van der Waals surface area contributed by atoms with E-state index in [2.05, 4.69) is 53.2 Å². The number of rotatable bonds is 10. The van der Waals surface area contributed by atoms with E-state index in [1.807, 2.05) is 23.1 Å². The van der Waals surface area contributed by atoms with Gasteiger partial charge in [0.05, 0.1) is 38.7 Å². The zero-order chi connectivity index (χ0) is 25.8. The van der Waals surface area contributed by atoms with Gasteiger partial charge in [-0.2, -0.15) is 5.10 Å². The molecule has 1 fully saturated rings. The number of H-pyrrole nitrogens is 1. The quantitative estimate of drug-likeness (QED) is 0.440. The molecule has 0 spiro atoms. The van der Waals surface area contributed by atoms with E-state index in [1.165, 1.54) is 5.56 Å². The Morgan fingerprint density at radius 2 is 1.86 bits per heavy atom. The van der Waals surface area contributed by atoms with Crippen molar-refractivity contribution in [3.63, 3.8) is 0 Å². The van der Waals surface area contributed by atoms with E-state index >= 15 is 0 Å². The van der Waals surface area contributed by atoms with Crippen LogP contribution in [-0.4, -0.2) is 79.0 Å². The van der Waals surface area contributed by atoms with Crippen molar-refractivity contribution in [1.29, 1.82) is 0 Å². The summed E-state index contributed by atoms with van der Waals surface area (Å²) in [5, 5.41) is 7.66. The average molecular weight is 505 g/mol. The van der Waals surface area contributed by atoms with Crippen molar-refractivity contribution in [2.24, 2.45) is 0 Å². The first-order chi connectivity index (χ1) is 18.1. The van der Waals surface area contributed by atoms with Crippen LogP contribution in [0.1, 0.15) is 53.0 Å². The van der Waals surface area contributed by atoms with Gasteiger partial charge in [-0.3, -0.25) is 14.8 Å². The highest BCUT2D eigenvalue weighted by atomic mass is 16.5. The average Bonchev–Trinajstić information content (AvgIpc) is 3.47. The van der Waals surface area contributed by atoms with Gasteiger partial charge < -0.3 is 19.1 Å². The number of fused-ring (bicyclic) bond motifs is 1. The van der Waals surface area contributed by atoms with Crippen LogP contribution in [0.3, 0.4) is 0 Å². The fourth-order valence-corrected chi connectivity index (χ4v) is 5.18. The Labute approximate surface area is 218 Å². The third kappa shape index (κ3) is 5.22. The molecule has 2 aromatic carbocycles. The summed E-state index contributed by atoms with van der Waals surface area (Å²) in [7, 11) is 1.65. The number of nitrogens with one attached hydrogen (secondary N) is 1. The number of ether oxygens (including phenoxy) is 3. The Morgan fingerprint density at radius 1 is 1.08 bits per heavy atom. The number of aryl methyl sites for hydroxylation is 1. The number of aromatic amines is 1. The van der Waals surface area contributed by atoms with E-state index in [0.717, 1.165) is 68.1 Å². The van der Waals surface area contributed by atoms with E-state index in [4.69, 9.17) is 14.2 Å². The van der Waals surface area contributed by atoms with Crippen LogP contribution >= 0.6 is 0 Å². The van der Waals surface area contributed by atoms with Crippen LogP contribution in [0.4, 0.5) is 0 Å². The monoisotopic (exact) mass is 504 g/mol. The number of benzene rings is 2. The van der Waals surface area contributed by atoms with Gasteiger partial charge in [0.15, 0.2) is 11.5 Å². The molecule has 0 radical (unpaired) electrons. The molecule has 1 unspecified atom stereocenters. The summed E-state index contributed by atoms with van der Waals surface area (Å²) in [6.45, 7) is 9.76. The molecule has 0 saturated carbocycles. The van der Waals surface area contributed by atoms with Crippen molar-refractivity contribution in [2.45, 2.75) is 32.7 Å². The van der Waals surface area contributed by atoms with E-state index in [-0.39, 0.29) is 11.9 Å². The Morgan fingerprint density at radius 3 is 2.59 bits per heavy atom. The molecule has 0 bridgehead atoms. The predicted molar refractivity (Wildman–Crippen MR) is 142 cm³/mol. The number of morpholine rings is 1. The number of hydrogen-bond donors (Lipinski definition) is 1. The highest BCUT2D eigenvalue weighted by Gasteiger charge is 2.42. The summed E-state index contributed by atoms with van der Waals surface area (Å²) in [5.41, 5.74) is 5.46. The second kappa shape index (κ2) is 11.4. The lowest BCUT2D eigenvalue weighted by Crippen LogP contribution is -2.38. The van der Waals surface area contributed by atoms with Gasteiger partial charge in [0, 0.05) is 37.3 Å². The summed E-state index contributed by atoms with van der Waals surface area (Å²) in [4.78, 5) is 18.1. The van der Waals surface area contributed by atoms with Crippen molar-refractivity contribution in [1.82, 2.24) is 20.0 Å². The van der Waals surface area contributed by atoms with Crippen LogP contribution in [0.5, 0.6) is 11.5 Å². The molecule has 1 atom stereocenters. The minimum atomic E-state index is -0.267. The van der Waals surface area contributed by atoms with Gasteiger partial charge in [0.1, 0.15) is 5.69 Å². The normalized spacial score (nSPS) is 17.8. The van der Waals surface area contributed by atoms with Gasteiger partial charge in [-0.1, -0.05) is 42.8 Å². The smallest absolute Gasteiger partial charge is 0.273 e. The Bertz CT molecular complexity index is 1220. The molecule has 1 saturated heterocycles. The number of carbonyl (C=O) groups is 1. The van der Waals surface area contributed by atoms with Crippen LogP contribution in [0, 0.1) is 6.92 Å². The predicted octanol–water partition coefficient (Wildman–Crippen LogP) is 4.45. The molecule has 5 rings (SSSR count). The SMILES string of the molecule is CCCOc1ccc(C2c3c(-c4ccc(C)cc4)n[nH]c3C(=O)N2CCCN2CCOCC2)cc1OC. The Hall–Kier alpha value is -3.36. The van der Waals surface area contributed by atoms with Crippen LogP contribution in [0.2, 0.25) is 0 Å². The van der Waals surface area contributed by atoms with Crippen LogP contribution in [0.15, 0.2) is 42.5 Å². The molecule has 8 heteroatoms. The summed E-state index contributed by atoms with van der Waals surface area (Å²) in [6.07, 6.45) is 1.80. The van der Waals surface area contributed by atoms with Gasteiger partial charge in [0.25, 0.3) is 5.91 Å². The van der Waals surface area contributed by atoms with Crippen molar-refractivity contribution in [3.05, 3.63) is 64.8 Å². The Kier molecular flexibility index (Phi) is 7.76. The lowest BCUT2D eigenvalue weighted by Gasteiger charge is -2.30. The highest BCUT2D eigenvalue weighted by molar-refractivity contribution is 6.00. The summed E-state index contributed by atoms with van der Waals surface area (Å²) in [6, 6.07) is 14.0. The largest absolute Gasteiger partial charge is 0.493 e. The molecule has 2 aliphatic heterocycles. The van der Waals surface area contributed by atoms with Gasteiger partial charge in [-0.05, 0) is 37.5 Å². The lowest BCUT2D eigenvalue weighted by molar-refractivity contribution is 0.0354. The number of carbonyl (C=O) groups excluding carboxylic acids is 1. The standard InChI is InChI=1S/C29H36N4O4/c1-4-16-37-23-11-10-22(19-24(23)35-3)28-25-26(21-8-6-20(2)7-9-21)30-31-27(25)29(34)33(28)13-5-12-32-14-17-36-18-15-32/h6-11,19,28H,4-5,12-18H2,1-3H3,(H,30,31). The zero-order valence-electron chi connectivity index (χ0n) is 22.0. The fourth-order valence-electron chi connectivity index (χ4n) is 5.18. The van der Waals surface area contributed by atoms with Crippen LogP contribution in [-0.2, 0) is 4.74 Å². The van der Waals surface area contributed by atoms with Crippen molar-refractivity contribution in [2.75, 3.05) is 53.1 Å². The molecule has 1 amide bonds. The first-order valence-corrected chi connectivity index (χ1v) is 13.2. The molecule has 1 aromatic heterocycles. The van der Waals surface area contributed by atoms with Gasteiger partial charge >= 0.3 is 0 Å². The number of methoxy groups -OCH3 is 1. The zero-order valence-corrected chi connectivity index (χ0v) is 22.0. The van der Waals surface area contributed by atoms with E-state index < -0.39 is 0 Å². The number of amides is 1. The second-order valence-corrected chi connectivity index (χ2v) is 9.69. The number of nitrogens with zero attached hydrogens (tertiary/aromatic N) is 3. The molecule has 0 aliphatic carbocycles. The molecule has 8 nitrogen and oxygen atoms in total. The third-order valence-electron chi connectivity index (χ3n) is 7.13. The van der Waals surface area contributed by atoms with E-state index in [9.17, 15) is 4.79 Å². The number of aromatic nitrogens is 2. The maximum absolute atomic E-state index is 13.7. The van der Waals surface area contributed by atoms with Gasteiger partial charge in [-0.25, -0.2) is 0 Å². The highest BCUT2D eigenvalue weighted by Crippen LogP contribution is 2.44. The van der Waals surface area contributed by atoms with Gasteiger partial charge in [0.2, 0.25) is 0 Å². The molecule has 3 aromatic rings. The topological polar surface area (TPSA) is 79.9 Å². The van der Waals surface area contributed by atoms with Gasteiger partial charge in [-0.15, -0.1) is 0 Å².